The molecule has 1 fully saturated rings. The van der Waals surface area contributed by atoms with Crippen LogP contribution in [0.15, 0.2) is 22.7 Å². The summed E-state index contributed by atoms with van der Waals surface area (Å²) >= 11 is 3.44. The summed E-state index contributed by atoms with van der Waals surface area (Å²) in [5.41, 5.74) is 2.18. The number of benzene rings is 1. The van der Waals surface area contributed by atoms with Gasteiger partial charge in [0.1, 0.15) is 0 Å². The fourth-order valence-electron chi connectivity index (χ4n) is 2.52. The lowest BCUT2D eigenvalue weighted by Gasteiger charge is -2.31. The molecule has 1 heterocycles. The van der Waals surface area contributed by atoms with Gasteiger partial charge in [0, 0.05) is 23.2 Å². The molecule has 1 atom stereocenters. The molecular weight excluding hydrogens is 304 g/mol. The van der Waals surface area contributed by atoms with Crippen LogP contribution in [-0.4, -0.2) is 30.4 Å². The van der Waals surface area contributed by atoms with Crippen molar-refractivity contribution in [3.8, 4) is 0 Å². The standard InChI is InChI=1S/C15H21BrN2O/c1-11-4-3-7-18(10-11)15(19)9-17-14-6-5-13(16)8-12(14)2/h5-6,8,11,17H,3-4,7,9-10H2,1-2H3. The quantitative estimate of drug-likeness (QED) is 0.923. The van der Waals surface area contributed by atoms with E-state index in [2.05, 4.69) is 34.2 Å². The van der Waals surface area contributed by atoms with E-state index in [9.17, 15) is 4.79 Å². The second kappa shape index (κ2) is 6.42. The minimum absolute atomic E-state index is 0.203. The molecule has 4 heteroatoms. The van der Waals surface area contributed by atoms with Crippen LogP contribution in [0.5, 0.6) is 0 Å². The number of nitrogens with one attached hydrogen (secondary N) is 1. The molecule has 2 rings (SSSR count). The van der Waals surface area contributed by atoms with Gasteiger partial charge in [0.05, 0.1) is 6.54 Å². The smallest absolute Gasteiger partial charge is 0.241 e. The zero-order chi connectivity index (χ0) is 13.8. The molecule has 1 aliphatic heterocycles. The Morgan fingerprint density at radius 2 is 2.32 bits per heavy atom. The Bertz CT molecular complexity index is 461. The Balaban J connectivity index is 1.89. The average molecular weight is 325 g/mol. The number of carbonyl (C=O) groups excluding carboxylic acids is 1. The molecule has 1 amide bonds. The van der Waals surface area contributed by atoms with E-state index in [0.29, 0.717) is 12.5 Å². The number of hydrogen-bond donors (Lipinski definition) is 1. The Morgan fingerprint density at radius 3 is 3.00 bits per heavy atom. The van der Waals surface area contributed by atoms with Crippen LogP contribution in [0.3, 0.4) is 0 Å². The van der Waals surface area contributed by atoms with Crippen LogP contribution in [0.1, 0.15) is 25.3 Å². The Kier molecular flexibility index (Phi) is 4.86. The van der Waals surface area contributed by atoms with Crippen LogP contribution in [-0.2, 0) is 4.79 Å². The molecule has 3 nitrogen and oxygen atoms in total. The third-order valence-electron chi connectivity index (χ3n) is 3.63. The van der Waals surface area contributed by atoms with E-state index in [1.54, 1.807) is 0 Å². The number of hydrogen-bond acceptors (Lipinski definition) is 2. The maximum atomic E-state index is 12.1. The second-order valence-electron chi connectivity index (χ2n) is 5.40. The number of piperidine rings is 1. The van der Waals surface area contributed by atoms with E-state index in [0.717, 1.165) is 35.2 Å². The first-order chi connectivity index (χ1) is 9.06. The summed E-state index contributed by atoms with van der Waals surface area (Å²) in [7, 11) is 0. The van der Waals surface area contributed by atoms with Gasteiger partial charge in [0.25, 0.3) is 0 Å². The number of anilines is 1. The molecule has 0 spiro atoms. The van der Waals surface area contributed by atoms with Gasteiger partial charge in [0.15, 0.2) is 0 Å². The number of likely N-dealkylation sites (tertiary alicyclic amines) is 1. The SMILES string of the molecule is Cc1cc(Br)ccc1NCC(=O)N1CCCC(C)C1. The molecule has 0 radical (unpaired) electrons. The molecular formula is C15H21BrN2O. The molecule has 19 heavy (non-hydrogen) atoms. The second-order valence-corrected chi connectivity index (χ2v) is 6.32. The fourth-order valence-corrected chi connectivity index (χ4v) is 3.00. The van der Waals surface area contributed by atoms with Crippen molar-refractivity contribution in [1.82, 2.24) is 4.90 Å². The number of halogens is 1. The van der Waals surface area contributed by atoms with Crippen LogP contribution in [0.4, 0.5) is 5.69 Å². The molecule has 0 aromatic heterocycles. The van der Waals surface area contributed by atoms with Gasteiger partial charge in [-0.25, -0.2) is 0 Å². The molecule has 1 N–H and O–H groups in total. The minimum Gasteiger partial charge on any atom is -0.376 e. The van der Waals surface area contributed by atoms with Crippen molar-refractivity contribution < 1.29 is 4.79 Å². The van der Waals surface area contributed by atoms with Gasteiger partial charge in [-0.15, -0.1) is 0 Å². The molecule has 0 aliphatic carbocycles. The lowest BCUT2D eigenvalue weighted by Crippen LogP contribution is -2.42. The molecule has 104 valence electrons. The summed E-state index contributed by atoms with van der Waals surface area (Å²) in [5.74, 6) is 0.834. The van der Waals surface area contributed by atoms with Gasteiger partial charge in [-0.1, -0.05) is 22.9 Å². The normalized spacial score (nSPS) is 19.3. The van der Waals surface area contributed by atoms with E-state index in [-0.39, 0.29) is 5.91 Å². The molecule has 1 aliphatic rings. The maximum absolute atomic E-state index is 12.1. The third-order valence-corrected chi connectivity index (χ3v) is 4.12. The number of rotatable bonds is 3. The van der Waals surface area contributed by atoms with Crippen LogP contribution in [0.25, 0.3) is 0 Å². The number of carbonyl (C=O) groups is 1. The molecule has 1 aromatic carbocycles. The van der Waals surface area contributed by atoms with Crippen molar-refractivity contribution in [3.05, 3.63) is 28.2 Å². The van der Waals surface area contributed by atoms with Crippen molar-refractivity contribution in [1.29, 1.82) is 0 Å². The minimum atomic E-state index is 0.203. The van der Waals surface area contributed by atoms with Crippen LogP contribution < -0.4 is 5.32 Å². The average Bonchev–Trinajstić information content (AvgIpc) is 2.37. The summed E-state index contributed by atoms with van der Waals surface area (Å²) in [6, 6.07) is 6.05. The maximum Gasteiger partial charge on any atom is 0.241 e. The van der Waals surface area contributed by atoms with Crippen LogP contribution >= 0.6 is 15.9 Å². The van der Waals surface area contributed by atoms with Gasteiger partial charge in [0.2, 0.25) is 5.91 Å². The summed E-state index contributed by atoms with van der Waals surface area (Å²) in [6.45, 7) is 6.45. The highest BCUT2D eigenvalue weighted by Crippen LogP contribution is 2.20. The largest absolute Gasteiger partial charge is 0.376 e. The van der Waals surface area contributed by atoms with Crippen molar-refractivity contribution in [3.63, 3.8) is 0 Å². The Morgan fingerprint density at radius 1 is 1.53 bits per heavy atom. The number of aryl methyl sites for hydroxylation is 1. The lowest BCUT2D eigenvalue weighted by atomic mass is 10.0. The predicted octanol–water partition coefficient (Wildman–Crippen LogP) is 3.43. The van der Waals surface area contributed by atoms with Crippen molar-refractivity contribution >= 4 is 27.5 Å². The predicted molar refractivity (Wildman–Crippen MR) is 82.3 cm³/mol. The molecule has 1 unspecified atom stereocenters. The summed E-state index contributed by atoms with van der Waals surface area (Å²) in [6.07, 6.45) is 2.37. The zero-order valence-corrected chi connectivity index (χ0v) is 13.2. The lowest BCUT2D eigenvalue weighted by molar-refractivity contribution is -0.130. The highest BCUT2D eigenvalue weighted by Gasteiger charge is 2.20. The van der Waals surface area contributed by atoms with Crippen molar-refractivity contribution in [2.45, 2.75) is 26.7 Å². The van der Waals surface area contributed by atoms with E-state index in [4.69, 9.17) is 0 Å². The molecule has 0 saturated carbocycles. The van der Waals surface area contributed by atoms with Gasteiger partial charge in [-0.3, -0.25) is 4.79 Å². The monoisotopic (exact) mass is 324 g/mol. The number of nitrogens with zero attached hydrogens (tertiary/aromatic N) is 1. The van der Waals surface area contributed by atoms with Gasteiger partial charge in [-0.2, -0.15) is 0 Å². The zero-order valence-electron chi connectivity index (χ0n) is 11.6. The first-order valence-corrected chi connectivity index (χ1v) is 7.63. The van der Waals surface area contributed by atoms with E-state index in [1.165, 1.54) is 6.42 Å². The topological polar surface area (TPSA) is 32.3 Å². The summed E-state index contributed by atoms with van der Waals surface area (Å²) < 4.78 is 1.06. The van der Waals surface area contributed by atoms with Crippen LogP contribution in [0, 0.1) is 12.8 Å². The number of amides is 1. The molecule has 0 bridgehead atoms. The molecule has 1 aromatic rings. The van der Waals surface area contributed by atoms with Crippen molar-refractivity contribution in [2.24, 2.45) is 5.92 Å². The first-order valence-electron chi connectivity index (χ1n) is 6.84. The van der Waals surface area contributed by atoms with Gasteiger partial charge in [-0.05, 0) is 49.4 Å². The highest BCUT2D eigenvalue weighted by molar-refractivity contribution is 9.10. The van der Waals surface area contributed by atoms with Crippen molar-refractivity contribution in [2.75, 3.05) is 25.0 Å². The van der Waals surface area contributed by atoms with E-state index in [1.807, 2.05) is 24.0 Å². The van der Waals surface area contributed by atoms with Gasteiger partial charge < -0.3 is 10.2 Å². The highest BCUT2D eigenvalue weighted by atomic mass is 79.9. The summed E-state index contributed by atoms with van der Waals surface area (Å²) in [4.78, 5) is 14.1. The van der Waals surface area contributed by atoms with E-state index < -0.39 is 0 Å². The van der Waals surface area contributed by atoms with Crippen LogP contribution in [0.2, 0.25) is 0 Å². The first kappa shape index (κ1) is 14.4. The van der Waals surface area contributed by atoms with Gasteiger partial charge >= 0.3 is 0 Å². The molecule has 1 saturated heterocycles. The Hall–Kier alpha value is -1.03. The fraction of sp³-hybridized carbons (Fsp3) is 0.533. The Labute approximate surface area is 123 Å². The van der Waals surface area contributed by atoms with E-state index >= 15 is 0 Å². The third kappa shape index (κ3) is 3.96. The summed E-state index contributed by atoms with van der Waals surface area (Å²) in [5, 5.41) is 3.24.